The Balaban J connectivity index is 1.37. The number of nitrogens with zero attached hydrogens (tertiary/aromatic N) is 3. The third kappa shape index (κ3) is 4.67. The van der Waals surface area contributed by atoms with E-state index in [1.807, 2.05) is 11.8 Å². The smallest absolute Gasteiger partial charge is 0.223 e. The second-order valence-electron chi connectivity index (χ2n) is 6.86. The lowest BCUT2D eigenvalue weighted by Crippen LogP contribution is -2.47. The highest BCUT2D eigenvalue weighted by atomic mass is 32.2. The number of hydrogen-bond acceptors (Lipinski definition) is 4. The molecule has 1 atom stereocenters. The minimum absolute atomic E-state index is 0.351. The first kappa shape index (κ1) is 17.6. The zero-order chi connectivity index (χ0) is 16.8. The fourth-order valence-corrected chi connectivity index (χ4v) is 4.45. The Kier molecular flexibility index (Phi) is 6.44. The van der Waals surface area contributed by atoms with Crippen molar-refractivity contribution in [2.75, 3.05) is 62.7 Å². The molecule has 0 saturated carbocycles. The maximum absolute atomic E-state index is 12.4. The number of hydrogen-bond donors (Lipinski definition) is 0. The molecule has 1 amide bonds. The fourth-order valence-electron chi connectivity index (χ4n) is 3.71. The molecule has 5 heteroatoms. The van der Waals surface area contributed by atoms with Gasteiger partial charge in [-0.3, -0.25) is 9.69 Å². The molecule has 2 aliphatic rings. The first-order valence-electron chi connectivity index (χ1n) is 9.05. The van der Waals surface area contributed by atoms with Crippen LogP contribution in [-0.4, -0.2) is 73.5 Å². The van der Waals surface area contributed by atoms with Crippen LogP contribution < -0.4 is 4.90 Å². The lowest BCUT2D eigenvalue weighted by Gasteiger charge is -2.36. The van der Waals surface area contributed by atoms with Crippen LogP contribution in [0.1, 0.15) is 12.8 Å². The molecule has 0 bridgehead atoms. The lowest BCUT2D eigenvalue weighted by atomic mass is 10.2. The van der Waals surface area contributed by atoms with E-state index >= 15 is 0 Å². The van der Waals surface area contributed by atoms with Crippen LogP contribution in [0.15, 0.2) is 30.3 Å². The number of benzene rings is 1. The second kappa shape index (κ2) is 8.77. The number of para-hydroxylation sites is 1. The number of anilines is 1. The van der Waals surface area contributed by atoms with Crippen LogP contribution in [0, 0.1) is 5.92 Å². The van der Waals surface area contributed by atoms with Gasteiger partial charge in [-0.1, -0.05) is 18.2 Å². The molecule has 2 fully saturated rings. The van der Waals surface area contributed by atoms with E-state index in [0.29, 0.717) is 18.2 Å². The van der Waals surface area contributed by atoms with Crippen LogP contribution in [0.4, 0.5) is 5.69 Å². The van der Waals surface area contributed by atoms with Crippen molar-refractivity contribution < 1.29 is 4.79 Å². The molecule has 2 heterocycles. The Morgan fingerprint density at radius 2 is 1.88 bits per heavy atom. The third-order valence-corrected chi connectivity index (χ3v) is 5.98. The highest BCUT2D eigenvalue weighted by Crippen LogP contribution is 2.20. The van der Waals surface area contributed by atoms with Gasteiger partial charge in [0.2, 0.25) is 5.91 Å². The number of likely N-dealkylation sites (tertiary alicyclic amines) is 1. The van der Waals surface area contributed by atoms with Crippen molar-refractivity contribution >= 4 is 23.4 Å². The highest BCUT2D eigenvalue weighted by Gasteiger charge is 2.26. The second-order valence-corrected chi connectivity index (χ2v) is 7.77. The SMILES string of the molecule is CSC[C@H]1CCN(C(=O)CCN2CCN(c3ccccc3)CC2)C1. The van der Waals surface area contributed by atoms with Gasteiger partial charge in [0.15, 0.2) is 0 Å². The number of piperazine rings is 1. The van der Waals surface area contributed by atoms with Gasteiger partial charge in [-0.25, -0.2) is 0 Å². The van der Waals surface area contributed by atoms with Crippen LogP contribution >= 0.6 is 11.8 Å². The van der Waals surface area contributed by atoms with E-state index in [-0.39, 0.29) is 0 Å². The first-order valence-corrected chi connectivity index (χ1v) is 10.4. The number of amides is 1. The van der Waals surface area contributed by atoms with Gasteiger partial charge in [0.1, 0.15) is 0 Å². The number of carbonyl (C=O) groups excluding carboxylic acids is 1. The van der Waals surface area contributed by atoms with Crippen LogP contribution in [0.5, 0.6) is 0 Å². The monoisotopic (exact) mass is 347 g/mol. The van der Waals surface area contributed by atoms with Gasteiger partial charge in [0, 0.05) is 57.9 Å². The minimum Gasteiger partial charge on any atom is -0.369 e. The van der Waals surface area contributed by atoms with Gasteiger partial charge in [0.05, 0.1) is 0 Å². The molecule has 1 aromatic rings. The number of rotatable bonds is 6. The van der Waals surface area contributed by atoms with Gasteiger partial charge < -0.3 is 9.80 Å². The summed E-state index contributed by atoms with van der Waals surface area (Å²) >= 11 is 1.90. The topological polar surface area (TPSA) is 26.8 Å². The number of carbonyl (C=O) groups is 1. The van der Waals surface area contributed by atoms with Crippen molar-refractivity contribution in [1.82, 2.24) is 9.80 Å². The van der Waals surface area contributed by atoms with Crippen molar-refractivity contribution in [2.24, 2.45) is 5.92 Å². The van der Waals surface area contributed by atoms with E-state index in [1.165, 1.54) is 17.9 Å². The molecular weight excluding hydrogens is 318 g/mol. The molecule has 0 N–H and O–H groups in total. The predicted molar refractivity (Wildman–Crippen MR) is 103 cm³/mol. The van der Waals surface area contributed by atoms with Crippen molar-refractivity contribution in [3.8, 4) is 0 Å². The standard InChI is InChI=1S/C19H29N3OS/c1-24-16-17-7-10-22(15-17)19(23)8-9-20-11-13-21(14-12-20)18-5-3-2-4-6-18/h2-6,17H,7-16H2,1H3/t17-/m0/s1. The molecule has 3 rings (SSSR count). The zero-order valence-corrected chi connectivity index (χ0v) is 15.5. The van der Waals surface area contributed by atoms with Crippen molar-refractivity contribution in [3.63, 3.8) is 0 Å². The first-order chi connectivity index (χ1) is 11.8. The van der Waals surface area contributed by atoms with Crippen molar-refractivity contribution in [2.45, 2.75) is 12.8 Å². The molecule has 2 saturated heterocycles. The predicted octanol–water partition coefficient (Wildman–Crippen LogP) is 2.41. The Bertz CT molecular complexity index is 517. The van der Waals surface area contributed by atoms with Gasteiger partial charge in [0.25, 0.3) is 0 Å². The van der Waals surface area contributed by atoms with Gasteiger partial charge >= 0.3 is 0 Å². The highest BCUT2D eigenvalue weighted by molar-refractivity contribution is 7.98. The maximum atomic E-state index is 12.4. The van der Waals surface area contributed by atoms with Crippen LogP contribution in [0.25, 0.3) is 0 Å². The summed E-state index contributed by atoms with van der Waals surface area (Å²) in [5, 5.41) is 0. The number of thioether (sulfide) groups is 1. The largest absolute Gasteiger partial charge is 0.369 e. The summed E-state index contributed by atoms with van der Waals surface area (Å²) < 4.78 is 0. The van der Waals surface area contributed by atoms with E-state index in [4.69, 9.17) is 0 Å². The molecular formula is C19H29N3OS. The summed E-state index contributed by atoms with van der Waals surface area (Å²) in [7, 11) is 0. The van der Waals surface area contributed by atoms with Crippen molar-refractivity contribution in [1.29, 1.82) is 0 Å². The molecule has 0 spiro atoms. The summed E-state index contributed by atoms with van der Waals surface area (Å²) in [4.78, 5) is 19.4. The van der Waals surface area contributed by atoms with E-state index in [1.54, 1.807) is 0 Å². The lowest BCUT2D eigenvalue weighted by molar-refractivity contribution is -0.130. The Morgan fingerprint density at radius 1 is 1.12 bits per heavy atom. The van der Waals surface area contributed by atoms with E-state index in [2.05, 4.69) is 51.3 Å². The minimum atomic E-state index is 0.351. The maximum Gasteiger partial charge on any atom is 0.223 e. The molecule has 0 unspecified atom stereocenters. The normalized spacial score (nSPS) is 22.1. The molecule has 0 aliphatic carbocycles. The molecule has 0 aromatic heterocycles. The Morgan fingerprint density at radius 3 is 2.58 bits per heavy atom. The van der Waals surface area contributed by atoms with Crippen LogP contribution in [0.3, 0.4) is 0 Å². The molecule has 0 radical (unpaired) electrons. The fraction of sp³-hybridized carbons (Fsp3) is 0.632. The molecule has 4 nitrogen and oxygen atoms in total. The Hall–Kier alpha value is -1.20. The summed E-state index contributed by atoms with van der Waals surface area (Å²) in [5.74, 6) is 2.24. The quantitative estimate of drug-likeness (QED) is 0.790. The van der Waals surface area contributed by atoms with Gasteiger partial charge in [-0.2, -0.15) is 11.8 Å². The summed E-state index contributed by atoms with van der Waals surface area (Å²) in [6.45, 7) is 7.06. The molecule has 1 aromatic carbocycles. The van der Waals surface area contributed by atoms with E-state index in [0.717, 1.165) is 45.8 Å². The molecule has 24 heavy (non-hydrogen) atoms. The average molecular weight is 348 g/mol. The van der Waals surface area contributed by atoms with E-state index in [9.17, 15) is 4.79 Å². The van der Waals surface area contributed by atoms with Crippen LogP contribution in [0.2, 0.25) is 0 Å². The summed E-state index contributed by atoms with van der Waals surface area (Å²) in [6, 6.07) is 10.6. The molecule has 2 aliphatic heterocycles. The van der Waals surface area contributed by atoms with Crippen LogP contribution in [-0.2, 0) is 4.79 Å². The van der Waals surface area contributed by atoms with Gasteiger partial charge in [-0.15, -0.1) is 0 Å². The van der Waals surface area contributed by atoms with E-state index < -0.39 is 0 Å². The molecule has 132 valence electrons. The van der Waals surface area contributed by atoms with Crippen molar-refractivity contribution in [3.05, 3.63) is 30.3 Å². The van der Waals surface area contributed by atoms with Gasteiger partial charge in [-0.05, 0) is 36.5 Å². The Labute approximate surface area is 150 Å². The zero-order valence-electron chi connectivity index (χ0n) is 14.7. The third-order valence-electron chi connectivity index (χ3n) is 5.18. The summed E-state index contributed by atoms with van der Waals surface area (Å²) in [5.41, 5.74) is 1.31. The summed E-state index contributed by atoms with van der Waals surface area (Å²) in [6.07, 6.45) is 4.01. The average Bonchev–Trinajstić information content (AvgIpc) is 3.10.